The Morgan fingerprint density at radius 3 is 2.24 bits per heavy atom. The molecule has 3 rings (SSSR count). The van der Waals surface area contributed by atoms with Crippen molar-refractivity contribution in [3.05, 3.63) is 86.9 Å². The summed E-state index contributed by atoms with van der Waals surface area (Å²) in [5.41, 5.74) is 4.04. The number of amides is 2. The molecule has 7 nitrogen and oxygen atoms in total. The highest BCUT2D eigenvalue weighted by atomic mass is 35.5. The van der Waals surface area contributed by atoms with Gasteiger partial charge >= 0.3 is 11.8 Å². The number of carbonyl (C=O) groups is 2. The highest BCUT2D eigenvalue weighted by Gasteiger charge is 2.14. The van der Waals surface area contributed by atoms with E-state index in [1.165, 1.54) is 24.4 Å². The fourth-order valence-corrected chi connectivity index (χ4v) is 3.42. The second-order valence-electron chi connectivity index (χ2n) is 6.87. The zero-order valence-corrected chi connectivity index (χ0v) is 20.2. The van der Waals surface area contributed by atoms with Gasteiger partial charge in [-0.3, -0.25) is 9.59 Å². The van der Waals surface area contributed by atoms with Crippen molar-refractivity contribution >= 4 is 58.5 Å². The molecule has 0 radical (unpaired) electrons. The zero-order chi connectivity index (χ0) is 24.5. The van der Waals surface area contributed by atoms with Crippen molar-refractivity contribution in [2.75, 3.05) is 11.9 Å². The Labute approximate surface area is 211 Å². The predicted molar refractivity (Wildman–Crippen MR) is 134 cm³/mol. The van der Waals surface area contributed by atoms with Crippen molar-refractivity contribution < 1.29 is 19.1 Å². The molecule has 0 bridgehead atoms. The average Bonchev–Trinajstić information content (AvgIpc) is 2.79. The van der Waals surface area contributed by atoms with E-state index in [1.807, 2.05) is 19.1 Å². The second kappa shape index (κ2) is 12.3. The highest BCUT2D eigenvalue weighted by Crippen LogP contribution is 2.29. The minimum absolute atomic E-state index is 0.289. The summed E-state index contributed by atoms with van der Waals surface area (Å²) in [5, 5.41) is 7.53. The monoisotopic (exact) mass is 519 g/mol. The van der Waals surface area contributed by atoms with E-state index in [1.54, 1.807) is 30.3 Å². The van der Waals surface area contributed by atoms with Crippen LogP contribution in [0.15, 0.2) is 65.8 Å². The minimum Gasteiger partial charge on any atom is -0.490 e. The van der Waals surface area contributed by atoms with E-state index in [0.717, 1.165) is 5.56 Å². The van der Waals surface area contributed by atoms with Crippen LogP contribution in [0.3, 0.4) is 0 Å². The normalized spacial score (nSPS) is 10.7. The second-order valence-corrected chi connectivity index (χ2v) is 8.18. The third kappa shape index (κ3) is 7.66. The first-order valence-corrected chi connectivity index (χ1v) is 11.2. The van der Waals surface area contributed by atoms with Gasteiger partial charge in [0.05, 0.1) is 12.8 Å². The Kier molecular flexibility index (Phi) is 9.16. The minimum atomic E-state index is -0.958. The first-order chi connectivity index (χ1) is 16.3. The first-order valence-electron chi connectivity index (χ1n) is 10.1. The van der Waals surface area contributed by atoms with E-state index in [9.17, 15) is 9.59 Å². The summed E-state index contributed by atoms with van der Waals surface area (Å²) in [5.74, 6) is -0.809. The van der Waals surface area contributed by atoms with Crippen LogP contribution in [0.25, 0.3) is 0 Å². The lowest BCUT2D eigenvalue weighted by Gasteiger charge is -2.12. The number of hydrogen-bond acceptors (Lipinski definition) is 5. The van der Waals surface area contributed by atoms with Gasteiger partial charge < -0.3 is 14.8 Å². The number of hydrogen-bond donors (Lipinski definition) is 2. The molecule has 2 amide bonds. The number of rotatable bonds is 8. The number of carbonyl (C=O) groups excluding carboxylic acids is 2. The van der Waals surface area contributed by atoms with Crippen LogP contribution in [-0.4, -0.2) is 24.6 Å². The smallest absolute Gasteiger partial charge is 0.329 e. The third-order valence-corrected chi connectivity index (χ3v) is 4.97. The van der Waals surface area contributed by atoms with Gasteiger partial charge in [-0.05, 0) is 66.6 Å². The van der Waals surface area contributed by atoms with Crippen LogP contribution in [0.2, 0.25) is 15.1 Å². The first kappa shape index (κ1) is 25.4. The topological polar surface area (TPSA) is 89.0 Å². The van der Waals surface area contributed by atoms with Crippen molar-refractivity contribution in [2.24, 2.45) is 5.10 Å². The number of benzene rings is 3. The van der Waals surface area contributed by atoms with Crippen molar-refractivity contribution in [3.8, 4) is 11.5 Å². The molecular weight excluding hydrogens is 501 g/mol. The van der Waals surface area contributed by atoms with Crippen LogP contribution in [0.5, 0.6) is 11.5 Å². The van der Waals surface area contributed by atoms with Gasteiger partial charge in [0.25, 0.3) is 0 Å². The van der Waals surface area contributed by atoms with E-state index in [2.05, 4.69) is 15.8 Å². The summed E-state index contributed by atoms with van der Waals surface area (Å²) < 4.78 is 11.5. The lowest BCUT2D eigenvalue weighted by atomic mass is 10.2. The molecule has 34 heavy (non-hydrogen) atoms. The Morgan fingerprint density at radius 2 is 1.56 bits per heavy atom. The van der Waals surface area contributed by atoms with Gasteiger partial charge in [0, 0.05) is 20.8 Å². The van der Waals surface area contributed by atoms with E-state index in [4.69, 9.17) is 44.3 Å². The van der Waals surface area contributed by atoms with Gasteiger partial charge in [0.15, 0.2) is 11.5 Å². The summed E-state index contributed by atoms with van der Waals surface area (Å²) in [4.78, 5) is 24.1. The SMILES string of the molecule is CCOc1cc(/C=N/NC(=O)C(=O)Nc2cc(Cl)cc(Cl)c2)ccc1OCc1ccc(Cl)cc1. The molecule has 3 aromatic carbocycles. The molecule has 0 fully saturated rings. The molecule has 0 saturated carbocycles. The van der Waals surface area contributed by atoms with Gasteiger partial charge in [-0.2, -0.15) is 5.10 Å². The average molecular weight is 521 g/mol. The number of anilines is 1. The Balaban J connectivity index is 1.59. The van der Waals surface area contributed by atoms with Gasteiger partial charge in [-0.1, -0.05) is 46.9 Å². The molecule has 0 unspecified atom stereocenters. The maximum Gasteiger partial charge on any atom is 0.329 e. The van der Waals surface area contributed by atoms with Crippen LogP contribution in [0, 0.1) is 0 Å². The lowest BCUT2D eigenvalue weighted by Crippen LogP contribution is -2.32. The standard InChI is InChI=1S/C24H20Cl3N3O4/c1-2-33-22-9-16(5-8-21(22)34-14-15-3-6-17(25)7-4-15)13-28-30-24(32)23(31)29-20-11-18(26)10-19(27)12-20/h3-13H,2,14H2,1H3,(H,29,31)(H,30,32)/b28-13+. The van der Waals surface area contributed by atoms with Gasteiger partial charge in [0.2, 0.25) is 0 Å². The fraction of sp³-hybridized carbons (Fsp3) is 0.125. The largest absolute Gasteiger partial charge is 0.490 e. The summed E-state index contributed by atoms with van der Waals surface area (Å²) in [6.45, 7) is 2.63. The van der Waals surface area contributed by atoms with E-state index >= 15 is 0 Å². The molecule has 0 aliphatic heterocycles. The summed E-state index contributed by atoms with van der Waals surface area (Å²) >= 11 is 17.7. The van der Waals surface area contributed by atoms with Crippen molar-refractivity contribution in [2.45, 2.75) is 13.5 Å². The fourth-order valence-electron chi connectivity index (χ4n) is 2.76. The molecule has 0 aliphatic carbocycles. The molecule has 10 heteroatoms. The van der Waals surface area contributed by atoms with Crippen LogP contribution in [0.1, 0.15) is 18.1 Å². The highest BCUT2D eigenvalue weighted by molar-refractivity contribution is 6.40. The van der Waals surface area contributed by atoms with Crippen molar-refractivity contribution in [3.63, 3.8) is 0 Å². The zero-order valence-electron chi connectivity index (χ0n) is 18.0. The predicted octanol–water partition coefficient (Wildman–Crippen LogP) is 5.71. The summed E-state index contributed by atoms with van der Waals surface area (Å²) in [7, 11) is 0. The van der Waals surface area contributed by atoms with E-state index in [0.29, 0.717) is 45.3 Å². The van der Waals surface area contributed by atoms with Crippen LogP contribution >= 0.6 is 34.8 Å². The van der Waals surface area contributed by atoms with Crippen LogP contribution < -0.4 is 20.2 Å². The molecule has 2 N–H and O–H groups in total. The molecule has 0 aliphatic rings. The molecule has 176 valence electrons. The van der Waals surface area contributed by atoms with Gasteiger partial charge in [-0.15, -0.1) is 0 Å². The quantitative estimate of drug-likeness (QED) is 0.226. The van der Waals surface area contributed by atoms with E-state index in [-0.39, 0.29) is 5.69 Å². The number of ether oxygens (including phenoxy) is 2. The molecule has 0 atom stereocenters. The number of nitrogens with one attached hydrogen (secondary N) is 2. The number of hydrazone groups is 1. The van der Waals surface area contributed by atoms with Crippen molar-refractivity contribution in [1.29, 1.82) is 0 Å². The molecule has 0 heterocycles. The third-order valence-electron chi connectivity index (χ3n) is 4.28. The Morgan fingerprint density at radius 1 is 0.853 bits per heavy atom. The lowest BCUT2D eigenvalue weighted by molar-refractivity contribution is -0.136. The van der Waals surface area contributed by atoms with Crippen LogP contribution in [0.4, 0.5) is 5.69 Å². The van der Waals surface area contributed by atoms with Crippen molar-refractivity contribution in [1.82, 2.24) is 5.43 Å². The molecule has 3 aromatic rings. The Hall–Kier alpha value is -3.26. The molecule has 0 saturated heterocycles. The molecule has 0 spiro atoms. The number of halogens is 3. The van der Waals surface area contributed by atoms with Gasteiger partial charge in [0.1, 0.15) is 6.61 Å². The maximum absolute atomic E-state index is 12.0. The Bertz CT molecular complexity index is 1180. The molecule has 0 aromatic heterocycles. The summed E-state index contributed by atoms with van der Waals surface area (Å²) in [6, 6.07) is 17.0. The van der Waals surface area contributed by atoms with Crippen LogP contribution in [-0.2, 0) is 16.2 Å². The van der Waals surface area contributed by atoms with Gasteiger partial charge in [-0.25, -0.2) is 5.43 Å². The van der Waals surface area contributed by atoms with E-state index < -0.39 is 11.8 Å². The summed E-state index contributed by atoms with van der Waals surface area (Å²) in [6.07, 6.45) is 1.38. The number of nitrogens with zero attached hydrogens (tertiary/aromatic N) is 1. The molecular formula is C24H20Cl3N3O4. The maximum atomic E-state index is 12.0.